The van der Waals surface area contributed by atoms with E-state index in [-0.39, 0.29) is 11.7 Å². The minimum absolute atomic E-state index is 0.0963. The summed E-state index contributed by atoms with van der Waals surface area (Å²) in [7, 11) is 1.60. The van der Waals surface area contributed by atoms with Crippen molar-refractivity contribution in [2.75, 3.05) is 13.7 Å². The van der Waals surface area contributed by atoms with Gasteiger partial charge in [0.05, 0.1) is 25.4 Å². The Morgan fingerprint density at radius 1 is 1.56 bits per heavy atom. The highest BCUT2D eigenvalue weighted by molar-refractivity contribution is 5.68. The van der Waals surface area contributed by atoms with Crippen molar-refractivity contribution in [2.24, 2.45) is 5.90 Å². The highest BCUT2D eigenvalue weighted by Crippen LogP contribution is 2.07. The van der Waals surface area contributed by atoms with Crippen molar-refractivity contribution in [3.8, 4) is 0 Å². The Hall–Kier alpha value is -1.77. The van der Waals surface area contributed by atoms with Gasteiger partial charge in [0.1, 0.15) is 5.65 Å². The monoisotopic (exact) mass is 253 g/mol. The van der Waals surface area contributed by atoms with Crippen LogP contribution in [0, 0.1) is 0 Å². The first kappa shape index (κ1) is 12.7. The Balaban J connectivity index is 2.12. The predicted octanol–water partition coefficient (Wildman–Crippen LogP) is -0.585. The molecular formula is C10H15N5O3. The van der Waals surface area contributed by atoms with E-state index in [4.69, 9.17) is 10.6 Å². The van der Waals surface area contributed by atoms with E-state index in [0.29, 0.717) is 30.7 Å². The molecule has 0 aliphatic heterocycles. The maximum atomic E-state index is 11.4. The molecule has 2 aromatic rings. The summed E-state index contributed by atoms with van der Waals surface area (Å²) in [6.45, 7) is 0.958. The number of nitrogens with zero attached hydrogens (tertiary/aromatic N) is 3. The quantitative estimate of drug-likeness (QED) is 0.666. The lowest BCUT2D eigenvalue weighted by Gasteiger charge is -2.13. The fraction of sp³-hybridized carbons (Fsp3) is 0.500. The SMILES string of the molecule is COC(CCn1cnc2c(=O)nc[nH]c21)CON. The number of fused-ring (bicyclic) bond motifs is 1. The number of hydrogen-bond donors (Lipinski definition) is 2. The van der Waals surface area contributed by atoms with E-state index < -0.39 is 0 Å². The van der Waals surface area contributed by atoms with E-state index in [9.17, 15) is 4.79 Å². The Morgan fingerprint density at radius 3 is 3.11 bits per heavy atom. The molecule has 0 saturated heterocycles. The van der Waals surface area contributed by atoms with Crippen LogP contribution in [0.4, 0.5) is 0 Å². The standard InChI is InChI=1S/C10H15N5O3/c1-17-7(4-18-11)2-3-15-6-14-8-9(15)12-5-13-10(8)16/h5-7H,2-4,11H2,1H3,(H,12,13,16). The Kier molecular flexibility index (Phi) is 4.03. The fourth-order valence-corrected chi connectivity index (χ4v) is 1.73. The molecule has 0 aromatic carbocycles. The highest BCUT2D eigenvalue weighted by atomic mass is 16.6. The lowest BCUT2D eigenvalue weighted by Crippen LogP contribution is -2.22. The van der Waals surface area contributed by atoms with Crippen molar-refractivity contribution in [3.63, 3.8) is 0 Å². The zero-order valence-electron chi connectivity index (χ0n) is 10.00. The summed E-state index contributed by atoms with van der Waals surface area (Å²) in [6.07, 6.45) is 3.56. The number of hydrogen-bond acceptors (Lipinski definition) is 6. The molecule has 0 fully saturated rings. The molecule has 1 atom stereocenters. The van der Waals surface area contributed by atoms with Gasteiger partial charge in [-0.25, -0.2) is 10.9 Å². The van der Waals surface area contributed by atoms with Gasteiger partial charge >= 0.3 is 5.56 Å². The summed E-state index contributed by atoms with van der Waals surface area (Å²) in [5.74, 6) is 5.01. The molecule has 0 radical (unpaired) electrons. The number of aromatic amines is 1. The van der Waals surface area contributed by atoms with Crippen LogP contribution < -0.4 is 11.5 Å². The van der Waals surface area contributed by atoms with Crippen LogP contribution in [0.1, 0.15) is 6.42 Å². The van der Waals surface area contributed by atoms with Crippen molar-refractivity contribution in [1.82, 2.24) is 19.5 Å². The van der Waals surface area contributed by atoms with Gasteiger partial charge in [-0.2, -0.15) is 4.98 Å². The predicted molar refractivity (Wildman–Crippen MR) is 63.7 cm³/mol. The molecule has 2 rings (SSSR count). The number of methoxy groups -OCH3 is 1. The van der Waals surface area contributed by atoms with Crippen LogP contribution in [-0.2, 0) is 16.1 Å². The van der Waals surface area contributed by atoms with Crippen LogP contribution in [0.5, 0.6) is 0 Å². The summed E-state index contributed by atoms with van der Waals surface area (Å²) in [5.41, 5.74) is 0.649. The summed E-state index contributed by atoms with van der Waals surface area (Å²) >= 11 is 0. The third-order valence-corrected chi connectivity index (χ3v) is 2.73. The average molecular weight is 253 g/mol. The van der Waals surface area contributed by atoms with Crippen molar-refractivity contribution < 1.29 is 9.57 Å². The summed E-state index contributed by atoms with van der Waals surface area (Å²) in [4.78, 5) is 26.5. The Labute approximate surface area is 103 Å². The van der Waals surface area contributed by atoms with Crippen LogP contribution in [0.2, 0.25) is 0 Å². The summed E-state index contributed by atoms with van der Waals surface area (Å²) < 4.78 is 7.04. The minimum atomic E-state index is -0.337. The number of nitrogens with two attached hydrogens (primary N) is 1. The van der Waals surface area contributed by atoms with Gasteiger partial charge in [-0.1, -0.05) is 0 Å². The van der Waals surface area contributed by atoms with Gasteiger partial charge in [-0.05, 0) is 6.42 Å². The van der Waals surface area contributed by atoms with Gasteiger partial charge in [0.25, 0.3) is 0 Å². The Morgan fingerprint density at radius 2 is 2.39 bits per heavy atom. The highest BCUT2D eigenvalue weighted by Gasteiger charge is 2.10. The largest absolute Gasteiger partial charge is 0.379 e. The van der Waals surface area contributed by atoms with Crippen LogP contribution in [-0.4, -0.2) is 39.3 Å². The first-order chi connectivity index (χ1) is 8.76. The zero-order chi connectivity index (χ0) is 13.0. The number of imidazole rings is 1. The van der Waals surface area contributed by atoms with E-state index in [1.165, 1.54) is 6.33 Å². The lowest BCUT2D eigenvalue weighted by molar-refractivity contribution is 0.00190. The van der Waals surface area contributed by atoms with Crippen LogP contribution in [0.3, 0.4) is 0 Å². The number of H-pyrrole nitrogens is 1. The van der Waals surface area contributed by atoms with E-state index in [2.05, 4.69) is 19.8 Å². The summed E-state index contributed by atoms with van der Waals surface area (Å²) in [5, 5.41) is 0. The van der Waals surface area contributed by atoms with Crippen LogP contribution in [0.15, 0.2) is 17.4 Å². The van der Waals surface area contributed by atoms with Crippen molar-refractivity contribution >= 4 is 11.2 Å². The second-order valence-electron chi connectivity index (χ2n) is 3.82. The smallest absolute Gasteiger partial charge is 0.300 e. The Bertz CT molecular complexity index is 564. The van der Waals surface area contributed by atoms with Gasteiger partial charge in [-0.15, -0.1) is 0 Å². The van der Waals surface area contributed by atoms with Gasteiger partial charge in [-0.3, -0.25) is 4.79 Å². The molecule has 98 valence electrons. The van der Waals surface area contributed by atoms with E-state index >= 15 is 0 Å². The minimum Gasteiger partial charge on any atom is -0.379 e. The van der Waals surface area contributed by atoms with Crippen molar-refractivity contribution in [2.45, 2.75) is 19.1 Å². The second-order valence-corrected chi connectivity index (χ2v) is 3.82. The number of ether oxygens (including phenoxy) is 1. The average Bonchev–Trinajstić information content (AvgIpc) is 2.79. The van der Waals surface area contributed by atoms with Gasteiger partial charge < -0.3 is 19.1 Å². The van der Waals surface area contributed by atoms with E-state index in [1.807, 2.05) is 4.57 Å². The molecule has 1 unspecified atom stereocenters. The molecule has 0 spiro atoms. The first-order valence-electron chi connectivity index (χ1n) is 5.49. The second kappa shape index (κ2) is 5.71. The van der Waals surface area contributed by atoms with E-state index in [0.717, 1.165) is 0 Å². The van der Waals surface area contributed by atoms with Crippen molar-refractivity contribution in [1.29, 1.82) is 0 Å². The molecule has 8 heteroatoms. The molecule has 0 aliphatic carbocycles. The van der Waals surface area contributed by atoms with Gasteiger partial charge in [0.15, 0.2) is 5.52 Å². The van der Waals surface area contributed by atoms with Gasteiger partial charge in [0, 0.05) is 13.7 Å². The molecule has 18 heavy (non-hydrogen) atoms. The third kappa shape index (κ3) is 2.55. The molecule has 2 heterocycles. The molecular weight excluding hydrogens is 238 g/mol. The molecule has 0 saturated carbocycles. The number of aryl methyl sites for hydroxylation is 1. The van der Waals surface area contributed by atoms with Crippen LogP contribution in [0.25, 0.3) is 11.2 Å². The maximum absolute atomic E-state index is 11.4. The maximum Gasteiger partial charge on any atom is 0.300 e. The fourth-order valence-electron chi connectivity index (χ4n) is 1.73. The first-order valence-corrected chi connectivity index (χ1v) is 5.49. The molecule has 0 bridgehead atoms. The molecule has 2 aromatic heterocycles. The third-order valence-electron chi connectivity index (χ3n) is 2.73. The number of nitrogens with one attached hydrogen (secondary N) is 1. The van der Waals surface area contributed by atoms with Crippen molar-refractivity contribution in [3.05, 3.63) is 23.0 Å². The molecule has 8 nitrogen and oxygen atoms in total. The normalized spacial score (nSPS) is 13.0. The van der Waals surface area contributed by atoms with E-state index in [1.54, 1.807) is 13.4 Å². The molecule has 3 N–H and O–H groups in total. The van der Waals surface area contributed by atoms with Crippen LogP contribution >= 0.6 is 0 Å². The molecule has 0 amide bonds. The molecule has 0 aliphatic rings. The number of aromatic nitrogens is 4. The van der Waals surface area contributed by atoms with Gasteiger partial charge in [0.2, 0.25) is 0 Å². The lowest BCUT2D eigenvalue weighted by atomic mass is 10.2. The zero-order valence-corrected chi connectivity index (χ0v) is 10.00. The summed E-state index contributed by atoms with van der Waals surface area (Å²) in [6, 6.07) is 0. The number of rotatable bonds is 6. The topological polar surface area (TPSA) is 108 Å².